The summed E-state index contributed by atoms with van der Waals surface area (Å²) >= 11 is 0. The van der Waals surface area contributed by atoms with E-state index in [-0.39, 0.29) is 24.3 Å². The van der Waals surface area contributed by atoms with Gasteiger partial charge in [-0.3, -0.25) is 9.59 Å². The third-order valence-corrected chi connectivity index (χ3v) is 3.24. The molecule has 120 valence electrons. The zero-order valence-electron chi connectivity index (χ0n) is 12.4. The van der Waals surface area contributed by atoms with E-state index in [4.69, 9.17) is 4.74 Å². The van der Waals surface area contributed by atoms with Crippen LogP contribution in [0.3, 0.4) is 0 Å². The summed E-state index contributed by atoms with van der Waals surface area (Å²) in [6, 6.07) is 10.1. The van der Waals surface area contributed by atoms with Crippen molar-refractivity contribution in [2.75, 3.05) is 13.7 Å². The molecule has 0 aliphatic heterocycles. The first-order valence-corrected chi connectivity index (χ1v) is 6.88. The molecule has 2 rings (SSSR count). The lowest BCUT2D eigenvalue weighted by Crippen LogP contribution is -2.31. The van der Waals surface area contributed by atoms with E-state index in [2.05, 4.69) is 5.32 Å². The minimum atomic E-state index is -1.05. The van der Waals surface area contributed by atoms with Gasteiger partial charge in [-0.1, -0.05) is 12.1 Å². The van der Waals surface area contributed by atoms with Crippen LogP contribution in [0.5, 0.6) is 5.75 Å². The molecule has 0 unspecified atom stereocenters. The van der Waals surface area contributed by atoms with Gasteiger partial charge in [-0.25, -0.2) is 8.78 Å². The normalized spacial score (nSPS) is 10.2. The van der Waals surface area contributed by atoms with Crippen LogP contribution in [0.2, 0.25) is 0 Å². The molecule has 0 heterocycles. The molecule has 0 aliphatic rings. The van der Waals surface area contributed by atoms with Gasteiger partial charge in [0.15, 0.2) is 17.4 Å². The molecule has 0 aliphatic carbocycles. The van der Waals surface area contributed by atoms with E-state index in [1.54, 1.807) is 24.3 Å². The van der Waals surface area contributed by atoms with E-state index in [9.17, 15) is 18.4 Å². The van der Waals surface area contributed by atoms with Crippen molar-refractivity contribution in [3.8, 4) is 5.75 Å². The zero-order chi connectivity index (χ0) is 16.8. The zero-order valence-corrected chi connectivity index (χ0v) is 12.4. The van der Waals surface area contributed by atoms with Gasteiger partial charge in [-0.15, -0.1) is 0 Å². The second kappa shape index (κ2) is 7.49. The summed E-state index contributed by atoms with van der Waals surface area (Å²) in [7, 11) is 1.52. The van der Waals surface area contributed by atoms with Crippen molar-refractivity contribution in [3.05, 3.63) is 65.2 Å². The lowest BCUT2D eigenvalue weighted by Gasteiger charge is -2.07. The highest BCUT2D eigenvalue weighted by atomic mass is 19.2. The van der Waals surface area contributed by atoms with Crippen molar-refractivity contribution in [2.24, 2.45) is 0 Å². The highest BCUT2D eigenvalue weighted by Crippen LogP contribution is 2.13. The molecule has 0 atom stereocenters. The second-order valence-corrected chi connectivity index (χ2v) is 4.82. The first-order valence-electron chi connectivity index (χ1n) is 6.88. The molecule has 6 heteroatoms. The molecule has 23 heavy (non-hydrogen) atoms. The molecule has 0 saturated carbocycles. The number of ketones is 1. The smallest absolute Gasteiger partial charge is 0.224 e. The number of nitrogens with one attached hydrogen (secondary N) is 1. The van der Waals surface area contributed by atoms with E-state index in [1.165, 1.54) is 19.2 Å². The molecule has 1 amide bonds. The Bertz CT molecular complexity index is 714. The van der Waals surface area contributed by atoms with Gasteiger partial charge in [0.05, 0.1) is 20.1 Å². The Morgan fingerprint density at radius 2 is 1.78 bits per heavy atom. The van der Waals surface area contributed by atoms with Crippen LogP contribution in [0.4, 0.5) is 8.78 Å². The number of benzene rings is 2. The molecule has 0 spiro atoms. The fourth-order valence-corrected chi connectivity index (χ4v) is 1.98. The number of rotatable bonds is 6. The van der Waals surface area contributed by atoms with Gasteiger partial charge in [-0.05, 0) is 30.3 Å². The van der Waals surface area contributed by atoms with Gasteiger partial charge >= 0.3 is 0 Å². The predicted molar refractivity (Wildman–Crippen MR) is 80.4 cm³/mol. The fraction of sp³-hybridized carbons (Fsp3) is 0.176. The van der Waals surface area contributed by atoms with Crippen molar-refractivity contribution in [3.63, 3.8) is 0 Å². The van der Waals surface area contributed by atoms with Crippen LogP contribution >= 0.6 is 0 Å². The van der Waals surface area contributed by atoms with Gasteiger partial charge in [0.25, 0.3) is 0 Å². The minimum absolute atomic E-state index is 0.0561. The van der Waals surface area contributed by atoms with E-state index in [1.807, 2.05) is 0 Å². The molecule has 2 aromatic carbocycles. The monoisotopic (exact) mass is 319 g/mol. The third-order valence-electron chi connectivity index (χ3n) is 3.24. The van der Waals surface area contributed by atoms with E-state index >= 15 is 0 Å². The summed E-state index contributed by atoms with van der Waals surface area (Å²) < 4.78 is 31.5. The molecular formula is C17H15F2NO3. The van der Waals surface area contributed by atoms with Crippen molar-refractivity contribution in [2.45, 2.75) is 6.42 Å². The van der Waals surface area contributed by atoms with Crippen LogP contribution in [0, 0.1) is 11.6 Å². The van der Waals surface area contributed by atoms with Gasteiger partial charge < -0.3 is 10.1 Å². The van der Waals surface area contributed by atoms with Crippen LogP contribution in [-0.2, 0) is 11.2 Å². The highest BCUT2D eigenvalue weighted by molar-refractivity contribution is 5.99. The molecule has 0 saturated heterocycles. The minimum Gasteiger partial charge on any atom is -0.497 e. The second-order valence-electron chi connectivity index (χ2n) is 4.82. The number of carbonyl (C=O) groups excluding carboxylic acids is 2. The average molecular weight is 319 g/mol. The summed E-state index contributed by atoms with van der Waals surface area (Å²) in [6.07, 6.45) is -0.334. The molecule has 0 radical (unpaired) electrons. The third kappa shape index (κ3) is 4.35. The number of halogens is 2. The number of carbonyl (C=O) groups is 2. The summed E-state index contributed by atoms with van der Waals surface area (Å²) in [4.78, 5) is 23.7. The SMILES string of the molecule is COc1ccc(C(=O)CNC(=O)Cc2cccc(F)c2F)cc1. The predicted octanol–water partition coefficient (Wildman–Crippen LogP) is 2.52. The van der Waals surface area contributed by atoms with Crippen LogP contribution in [-0.4, -0.2) is 25.3 Å². The lowest BCUT2D eigenvalue weighted by molar-refractivity contribution is -0.120. The fourth-order valence-electron chi connectivity index (χ4n) is 1.98. The average Bonchev–Trinajstić information content (AvgIpc) is 2.57. The molecule has 0 bridgehead atoms. The van der Waals surface area contributed by atoms with Crippen LogP contribution in [0.1, 0.15) is 15.9 Å². The maximum atomic E-state index is 13.5. The summed E-state index contributed by atoms with van der Waals surface area (Å²) in [5.41, 5.74) is 0.363. The van der Waals surface area contributed by atoms with Gasteiger partial charge in [0, 0.05) is 11.1 Å². The van der Waals surface area contributed by atoms with Crippen LogP contribution in [0.25, 0.3) is 0 Å². The Morgan fingerprint density at radius 1 is 1.09 bits per heavy atom. The number of hydrogen-bond donors (Lipinski definition) is 1. The van der Waals surface area contributed by atoms with E-state index in [0.717, 1.165) is 6.07 Å². The number of Topliss-reactive ketones (excluding diaryl/α,β-unsaturated/α-hetero) is 1. The van der Waals surface area contributed by atoms with Crippen molar-refractivity contribution >= 4 is 11.7 Å². The summed E-state index contributed by atoms with van der Waals surface area (Å²) in [5.74, 6) is -2.29. The highest BCUT2D eigenvalue weighted by Gasteiger charge is 2.13. The molecule has 0 fully saturated rings. The van der Waals surface area contributed by atoms with Gasteiger partial charge in [0.2, 0.25) is 5.91 Å². The van der Waals surface area contributed by atoms with Gasteiger partial charge in [-0.2, -0.15) is 0 Å². The number of amides is 1. The first-order chi connectivity index (χ1) is 11.0. The molecule has 4 nitrogen and oxygen atoms in total. The Kier molecular flexibility index (Phi) is 5.41. The van der Waals surface area contributed by atoms with E-state index < -0.39 is 17.5 Å². The standard InChI is InChI=1S/C17H15F2NO3/c1-23-13-7-5-11(6-8-13)15(21)10-20-16(22)9-12-3-2-4-14(18)17(12)19/h2-8H,9-10H2,1H3,(H,20,22). The van der Waals surface area contributed by atoms with Crippen LogP contribution < -0.4 is 10.1 Å². The Hall–Kier alpha value is -2.76. The maximum absolute atomic E-state index is 13.5. The van der Waals surface area contributed by atoms with Gasteiger partial charge in [0.1, 0.15) is 5.75 Å². The summed E-state index contributed by atoms with van der Waals surface area (Å²) in [5, 5.41) is 2.40. The Balaban J connectivity index is 1.90. The molecule has 2 aromatic rings. The van der Waals surface area contributed by atoms with Crippen molar-refractivity contribution in [1.29, 1.82) is 0 Å². The largest absolute Gasteiger partial charge is 0.497 e. The maximum Gasteiger partial charge on any atom is 0.224 e. The van der Waals surface area contributed by atoms with Crippen molar-refractivity contribution < 1.29 is 23.1 Å². The van der Waals surface area contributed by atoms with Crippen LogP contribution in [0.15, 0.2) is 42.5 Å². The summed E-state index contributed by atoms with van der Waals surface area (Å²) in [6.45, 7) is -0.220. The van der Waals surface area contributed by atoms with E-state index in [0.29, 0.717) is 11.3 Å². The Morgan fingerprint density at radius 3 is 2.43 bits per heavy atom. The van der Waals surface area contributed by atoms with Crippen molar-refractivity contribution in [1.82, 2.24) is 5.32 Å². The first kappa shape index (κ1) is 16.6. The lowest BCUT2D eigenvalue weighted by atomic mass is 10.1. The molecule has 1 N–H and O–H groups in total. The molecule has 0 aromatic heterocycles. The number of hydrogen-bond acceptors (Lipinski definition) is 3. The topological polar surface area (TPSA) is 55.4 Å². The quantitative estimate of drug-likeness (QED) is 0.833. The molecular weight excluding hydrogens is 304 g/mol. The number of methoxy groups -OCH3 is 1. The number of ether oxygens (including phenoxy) is 1. The Labute approximate surface area is 132 Å².